The van der Waals surface area contributed by atoms with Gasteiger partial charge in [0.2, 0.25) is 0 Å². The number of halogens is 1. The fraction of sp³-hybridized carbons (Fsp3) is 0. The largest absolute Gasteiger partial charge is 0.271 e. The number of nitro benzene ring substituents is 1. The third kappa shape index (κ3) is 4.35. The van der Waals surface area contributed by atoms with Crippen LogP contribution in [0.4, 0.5) is 5.69 Å². The Morgan fingerprint density at radius 2 is 2.00 bits per heavy atom. The Balaban J connectivity index is 2.05. The molecule has 0 atom stereocenters. The van der Waals surface area contributed by atoms with Gasteiger partial charge in [0.15, 0.2) is 0 Å². The lowest BCUT2D eigenvalue weighted by Crippen LogP contribution is -2.17. The van der Waals surface area contributed by atoms with Gasteiger partial charge in [0, 0.05) is 21.3 Å². The fourth-order valence-electron chi connectivity index (χ4n) is 1.58. The van der Waals surface area contributed by atoms with E-state index in [1.807, 2.05) is 24.3 Å². The van der Waals surface area contributed by atoms with Gasteiger partial charge in [-0.3, -0.25) is 14.9 Å². The van der Waals surface area contributed by atoms with Crippen LogP contribution in [0, 0.1) is 13.7 Å². The highest BCUT2D eigenvalue weighted by Gasteiger charge is 2.10. The Kier molecular flexibility index (Phi) is 4.99. The second kappa shape index (κ2) is 6.93. The summed E-state index contributed by atoms with van der Waals surface area (Å²) in [7, 11) is 0. The maximum atomic E-state index is 11.8. The lowest BCUT2D eigenvalue weighted by atomic mass is 10.2. The van der Waals surface area contributed by atoms with Crippen LogP contribution in [-0.2, 0) is 0 Å². The van der Waals surface area contributed by atoms with Gasteiger partial charge in [0.05, 0.1) is 11.1 Å². The molecule has 106 valence electrons. The van der Waals surface area contributed by atoms with Crippen molar-refractivity contribution in [2.24, 2.45) is 5.10 Å². The van der Waals surface area contributed by atoms with Crippen molar-refractivity contribution in [1.82, 2.24) is 5.43 Å². The van der Waals surface area contributed by atoms with Crippen molar-refractivity contribution in [2.75, 3.05) is 0 Å². The number of nitro groups is 1. The summed E-state index contributed by atoms with van der Waals surface area (Å²) >= 11 is 2.18. The number of carbonyl (C=O) groups excluding carboxylic acids is 1. The average molecular weight is 395 g/mol. The van der Waals surface area contributed by atoms with Crippen molar-refractivity contribution in [2.45, 2.75) is 0 Å². The van der Waals surface area contributed by atoms with Crippen LogP contribution in [-0.4, -0.2) is 17.0 Å². The molecule has 0 saturated carbocycles. The van der Waals surface area contributed by atoms with Crippen LogP contribution in [0.1, 0.15) is 15.9 Å². The first-order chi connectivity index (χ1) is 10.1. The Labute approximate surface area is 134 Å². The van der Waals surface area contributed by atoms with E-state index in [9.17, 15) is 14.9 Å². The SMILES string of the molecule is O=C(N/N=C/c1cccc(I)c1)c1cccc([N+](=O)[O-])c1. The first kappa shape index (κ1) is 15.1. The average Bonchev–Trinajstić information content (AvgIpc) is 2.47. The monoisotopic (exact) mass is 395 g/mol. The number of amides is 1. The van der Waals surface area contributed by atoms with Crippen molar-refractivity contribution >= 4 is 40.4 Å². The lowest BCUT2D eigenvalue weighted by molar-refractivity contribution is -0.384. The number of nitrogens with zero attached hydrogens (tertiary/aromatic N) is 2. The third-order valence-electron chi connectivity index (χ3n) is 2.55. The number of hydrogen-bond acceptors (Lipinski definition) is 4. The third-order valence-corrected chi connectivity index (χ3v) is 3.22. The molecule has 2 aromatic rings. The Bertz CT molecular complexity index is 716. The lowest BCUT2D eigenvalue weighted by Gasteiger charge is -2.00. The molecule has 2 rings (SSSR count). The molecule has 0 aliphatic rings. The zero-order valence-corrected chi connectivity index (χ0v) is 12.9. The molecule has 0 heterocycles. The molecule has 0 unspecified atom stereocenters. The van der Waals surface area contributed by atoms with Gasteiger partial charge in [0.25, 0.3) is 11.6 Å². The summed E-state index contributed by atoms with van der Waals surface area (Å²) in [6.07, 6.45) is 1.51. The second-order valence-electron chi connectivity index (χ2n) is 4.06. The van der Waals surface area contributed by atoms with E-state index in [1.54, 1.807) is 0 Å². The smallest absolute Gasteiger partial charge is 0.267 e. The zero-order valence-electron chi connectivity index (χ0n) is 10.7. The quantitative estimate of drug-likeness (QED) is 0.374. The maximum Gasteiger partial charge on any atom is 0.271 e. The highest BCUT2D eigenvalue weighted by atomic mass is 127. The molecule has 2 aromatic carbocycles. The normalized spacial score (nSPS) is 10.5. The summed E-state index contributed by atoms with van der Waals surface area (Å²) in [6, 6.07) is 13.1. The Hall–Kier alpha value is -2.29. The fourth-order valence-corrected chi connectivity index (χ4v) is 2.14. The molecular formula is C14H10IN3O3. The predicted molar refractivity (Wildman–Crippen MR) is 87.3 cm³/mol. The molecule has 0 saturated heterocycles. The summed E-state index contributed by atoms with van der Waals surface area (Å²) < 4.78 is 1.06. The standard InChI is InChI=1S/C14H10IN3O3/c15-12-5-1-3-10(7-12)9-16-17-14(19)11-4-2-6-13(8-11)18(20)21/h1-9H,(H,17,19)/b16-9+. The van der Waals surface area contributed by atoms with Gasteiger partial charge in [-0.15, -0.1) is 0 Å². The Morgan fingerprint density at radius 3 is 2.71 bits per heavy atom. The highest BCUT2D eigenvalue weighted by molar-refractivity contribution is 14.1. The highest BCUT2D eigenvalue weighted by Crippen LogP contribution is 2.12. The molecule has 6 nitrogen and oxygen atoms in total. The van der Waals surface area contributed by atoms with Gasteiger partial charge < -0.3 is 0 Å². The van der Waals surface area contributed by atoms with Crippen LogP contribution in [0.5, 0.6) is 0 Å². The molecule has 0 bridgehead atoms. The molecule has 0 spiro atoms. The van der Waals surface area contributed by atoms with Gasteiger partial charge in [-0.2, -0.15) is 5.10 Å². The number of hydrazone groups is 1. The van der Waals surface area contributed by atoms with Crippen LogP contribution in [0.2, 0.25) is 0 Å². The summed E-state index contributed by atoms with van der Waals surface area (Å²) in [6.45, 7) is 0. The zero-order chi connectivity index (χ0) is 15.2. The molecule has 0 radical (unpaired) electrons. The van der Waals surface area contributed by atoms with Crippen molar-refractivity contribution in [3.05, 3.63) is 73.3 Å². The van der Waals surface area contributed by atoms with Crippen molar-refractivity contribution in [3.63, 3.8) is 0 Å². The summed E-state index contributed by atoms with van der Waals surface area (Å²) in [5.41, 5.74) is 3.24. The number of nitrogens with one attached hydrogen (secondary N) is 1. The van der Waals surface area contributed by atoms with E-state index < -0.39 is 10.8 Å². The first-order valence-electron chi connectivity index (χ1n) is 5.90. The molecular weight excluding hydrogens is 385 g/mol. The maximum absolute atomic E-state index is 11.8. The van der Waals surface area contributed by atoms with Gasteiger partial charge >= 0.3 is 0 Å². The van der Waals surface area contributed by atoms with E-state index in [0.29, 0.717) is 0 Å². The van der Waals surface area contributed by atoms with E-state index in [-0.39, 0.29) is 11.3 Å². The van der Waals surface area contributed by atoms with E-state index in [0.717, 1.165) is 9.13 Å². The summed E-state index contributed by atoms with van der Waals surface area (Å²) in [5.74, 6) is -0.499. The van der Waals surface area contributed by atoms with Crippen LogP contribution < -0.4 is 5.43 Å². The van der Waals surface area contributed by atoms with E-state index in [1.165, 1.54) is 30.5 Å². The van der Waals surface area contributed by atoms with Crippen LogP contribution in [0.3, 0.4) is 0 Å². The molecule has 0 fully saturated rings. The van der Waals surface area contributed by atoms with Crippen LogP contribution >= 0.6 is 22.6 Å². The van der Waals surface area contributed by atoms with Gasteiger partial charge in [0.1, 0.15) is 0 Å². The summed E-state index contributed by atoms with van der Waals surface area (Å²) in [5, 5.41) is 14.5. The minimum absolute atomic E-state index is 0.135. The second-order valence-corrected chi connectivity index (χ2v) is 5.31. The molecule has 0 aromatic heterocycles. The van der Waals surface area contributed by atoms with Crippen LogP contribution in [0.15, 0.2) is 53.6 Å². The number of carbonyl (C=O) groups is 1. The minimum atomic E-state index is -0.550. The van der Waals surface area contributed by atoms with Gasteiger partial charge in [-0.05, 0) is 46.4 Å². The molecule has 1 amide bonds. The molecule has 7 heteroatoms. The van der Waals surface area contributed by atoms with E-state index in [2.05, 4.69) is 33.1 Å². The Morgan fingerprint density at radius 1 is 1.24 bits per heavy atom. The van der Waals surface area contributed by atoms with Gasteiger partial charge in [-0.25, -0.2) is 5.43 Å². The molecule has 0 aliphatic heterocycles. The topological polar surface area (TPSA) is 84.6 Å². The van der Waals surface area contributed by atoms with Crippen molar-refractivity contribution < 1.29 is 9.72 Å². The van der Waals surface area contributed by atoms with Crippen molar-refractivity contribution in [1.29, 1.82) is 0 Å². The van der Waals surface area contributed by atoms with Gasteiger partial charge in [-0.1, -0.05) is 18.2 Å². The molecule has 1 N–H and O–H groups in total. The number of rotatable bonds is 4. The number of hydrogen-bond donors (Lipinski definition) is 1. The number of benzene rings is 2. The predicted octanol–water partition coefficient (Wildman–Crippen LogP) is 2.96. The van der Waals surface area contributed by atoms with E-state index in [4.69, 9.17) is 0 Å². The van der Waals surface area contributed by atoms with Crippen molar-refractivity contribution in [3.8, 4) is 0 Å². The first-order valence-corrected chi connectivity index (χ1v) is 6.97. The minimum Gasteiger partial charge on any atom is -0.267 e. The van der Waals surface area contributed by atoms with Crippen LogP contribution in [0.25, 0.3) is 0 Å². The summed E-state index contributed by atoms with van der Waals surface area (Å²) in [4.78, 5) is 21.9. The van der Waals surface area contributed by atoms with E-state index >= 15 is 0 Å². The molecule has 21 heavy (non-hydrogen) atoms. The number of non-ortho nitro benzene ring substituents is 1. The molecule has 0 aliphatic carbocycles.